The van der Waals surface area contributed by atoms with E-state index in [2.05, 4.69) is 0 Å². The van der Waals surface area contributed by atoms with Crippen molar-refractivity contribution < 1.29 is 14.6 Å². The Morgan fingerprint density at radius 3 is 3.00 bits per heavy atom. The number of ether oxygens (including phenoxy) is 1. The molecule has 4 heteroatoms. The van der Waals surface area contributed by atoms with Gasteiger partial charge in [0.2, 0.25) is 0 Å². The highest BCUT2D eigenvalue weighted by Crippen LogP contribution is 2.35. The van der Waals surface area contributed by atoms with E-state index in [-0.39, 0.29) is 6.10 Å². The molecule has 2 atom stereocenters. The molecule has 1 saturated heterocycles. The largest absolute Gasteiger partial charge is 0.481 e. The first-order valence-corrected chi connectivity index (χ1v) is 5.16. The smallest absolute Gasteiger partial charge is 0.309 e. The lowest BCUT2D eigenvalue weighted by molar-refractivity contribution is -0.143. The van der Waals surface area contributed by atoms with Gasteiger partial charge >= 0.3 is 5.97 Å². The summed E-state index contributed by atoms with van der Waals surface area (Å²) in [6.45, 7) is 0.494. The molecule has 0 saturated carbocycles. The Hall–Kier alpha value is -1.06. The molecule has 15 heavy (non-hydrogen) atoms. The van der Waals surface area contributed by atoms with E-state index in [1.807, 2.05) is 6.07 Å². The molecule has 0 aromatic heterocycles. The van der Waals surface area contributed by atoms with Gasteiger partial charge in [0, 0.05) is 11.6 Å². The fourth-order valence-corrected chi connectivity index (χ4v) is 2.05. The number of aliphatic carboxylic acids is 1. The van der Waals surface area contributed by atoms with E-state index in [0.29, 0.717) is 18.1 Å². The third-order valence-corrected chi connectivity index (χ3v) is 2.82. The van der Waals surface area contributed by atoms with Gasteiger partial charge in [-0.1, -0.05) is 23.7 Å². The van der Waals surface area contributed by atoms with Gasteiger partial charge in [0.15, 0.2) is 0 Å². The number of rotatable bonds is 2. The molecule has 1 fully saturated rings. The summed E-state index contributed by atoms with van der Waals surface area (Å²) < 4.78 is 5.43. The van der Waals surface area contributed by atoms with E-state index in [1.165, 1.54) is 0 Å². The van der Waals surface area contributed by atoms with Gasteiger partial charge in [-0.2, -0.15) is 0 Å². The number of carboxylic acid groups (broad SMARTS) is 1. The average molecular weight is 227 g/mol. The van der Waals surface area contributed by atoms with Crippen molar-refractivity contribution in [3.05, 3.63) is 34.9 Å². The lowest BCUT2D eigenvalue weighted by Crippen LogP contribution is -2.17. The van der Waals surface area contributed by atoms with Gasteiger partial charge in [0.25, 0.3) is 0 Å². The molecule has 1 aromatic rings. The summed E-state index contributed by atoms with van der Waals surface area (Å²) in [5.41, 5.74) is 0.840. The van der Waals surface area contributed by atoms with Crippen LogP contribution in [-0.2, 0) is 9.53 Å². The van der Waals surface area contributed by atoms with Crippen molar-refractivity contribution in [3.63, 3.8) is 0 Å². The zero-order valence-electron chi connectivity index (χ0n) is 8.02. The third-order valence-electron chi connectivity index (χ3n) is 2.59. The fraction of sp³-hybridized carbons (Fsp3) is 0.364. The van der Waals surface area contributed by atoms with Gasteiger partial charge in [-0.25, -0.2) is 0 Å². The molecule has 1 aliphatic rings. The number of hydrogen-bond donors (Lipinski definition) is 1. The monoisotopic (exact) mass is 226 g/mol. The SMILES string of the molecule is O=C(O)C1CCOC1c1cccc(Cl)c1. The Bertz CT molecular complexity index is 378. The quantitative estimate of drug-likeness (QED) is 0.843. The molecule has 0 spiro atoms. The zero-order valence-corrected chi connectivity index (χ0v) is 8.78. The lowest BCUT2D eigenvalue weighted by Gasteiger charge is -2.15. The number of benzene rings is 1. The van der Waals surface area contributed by atoms with E-state index in [0.717, 1.165) is 5.56 Å². The van der Waals surface area contributed by atoms with Gasteiger partial charge in [-0.3, -0.25) is 4.79 Å². The molecule has 0 bridgehead atoms. The summed E-state index contributed by atoms with van der Waals surface area (Å²) in [5.74, 6) is -1.26. The van der Waals surface area contributed by atoms with Crippen LogP contribution in [0.3, 0.4) is 0 Å². The zero-order chi connectivity index (χ0) is 10.8. The molecule has 80 valence electrons. The summed E-state index contributed by atoms with van der Waals surface area (Å²) in [5, 5.41) is 9.61. The molecular formula is C11H11ClO3. The van der Waals surface area contributed by atoms with Crippen LogP contribution in [0.4, 0.5) is 0 Å². The first-order valence-electron chi connectivity index (χ1n) is 4.78. The number of halogens is 1. The standard InChI is InChI=1S/C11H11ClO3/c12-8-3-1-2-7(6-8)10-9(11(13)14)4-5-15-10/h1-3,6,9-10H,4-5H2,(H,13,14). The minimum absolute atomic E-state index is 0.360. The molecule has 0 aliphatic carbocycles. The third kappa shape index (κ3) is 2.13. The molecule has 2 unspecified atom stereocenters. The summed E-state index contributed by atoms with van der Waals surface area (Å²) in [6.07, 6.45) is 0.202. The van der Waals surface area contributed by atoms with Crippen LogP contribution >= 0.6 is 11.6 Å². The Morgan fingerprint density at radius 2 is 2.33 bits per heavy atom. The minimum Gasteiger partial charge on any atom is -0.481 e. The van der Waals surface area contributed by atoms with Crippen molar-refractivity contribution in [2.45, 2.75) is 12.5 Å². The predicted molar refractivity (Wildman–Crippen MR) is 55.9 cm³/mol. The maximum Gasteiger partial charge on any atom is 0.309 e. The second-order valence-corrected chi connectivity index (χ2v) is 4.02. The van der Waals surface area contributed by atoms with Crippen molar-refractivity contribution >= 4 is 17.6 Å². The van der Waals surface area contributed by atoms with E-state index in [1.54, 1.807) is 18.2 Å². The summed E-state index contributed by atoms with van der Waals surface area (Å²) >= 11 is 5.85. The van der Waals surface area contributed by atoms with E-state index in [9.17, 15) is 4.79 Å². The number of hydrogen-bond acceptors (Lipinski definition) is 2. The molecule has 2 rings (SSSR count). The van der Waals surface area contributed by atoms with Crippen molar-refractivity contribution in [1.82, 2.24) is 0 Å². The van der Waals surface area contributed by atoms with Crippen LogP contribution in [0.1, 0.15) is 18.1 Å². The summed E-state index contributed by atoms with van der Waals surface area (Å²) in [6, 6.07) is 7.17. The second-order valence-electron chi connectivity index (χ2n) is 3.58. The molecule has 0 radical (unpaired) electrons. The molecule has 1 aliphatic heterocycles. The Morgan fingerprint density at radius 1 is 1.53 bits per heavy atom. The van der Waals surface area contributed by atoms with Crippen LogP contribution < -0.4 is 0 Å². The lowest BCUT2D eigenvalue weighted by atomic mass is 9.96. The van der Waals surface area contributed by atoms with Crippen LogP contribution in [-0.4, -0.2) is 17.7 Å². The fourth-order valence-electron chi connectivity index (χ4n) is 1.85. The number of carbonyl (C=O) groups is 1. The van der Waals surface area contributed by atoms with Gasteiger partial charge in [-0.05, 0) is 24.1 Å². The number of carboxylic acids is 1. The molecule has 1 N–H and O–H groups in total. The second kappa shape index (κ2) is 4.21. The van der Waals surface area contributed by atoms with Crippen molar-refractivity contribution in [2.24, 2.45) is 5.92 Å². The van der Waals surface area contributed by atoms with Gasteiger partial charge in [0.05, 0.1) is 12.0 Å². The maximum atomic E-state index is 11.0. The molecule has 0 amide bonds. The van der Waals surface area contributed by atoms with Crippen LogP contribution in [0.25, 0.3) is 0 Å². The Balaban J connectivity index is 2.26. The first kappa shape index (κ1) is 10.5. The van der Waals surface area contributed by atoms with E-state index in [4.69, 9.17) is 21.4 Å². The van der Waals surface area contributed by atoms with Gasteiger partial charge < -0.3 is 9.84 Å². The Kier molecular flexibility index (Phi) is 2.93. The van der Waals surface area contributed by atoms with Gasteiger partial charge in [-0.15, -0.1) is 0 Å². The topological polar surface area (TPSA) is 46.5 Å². The molecule has 1 aromatic carbocycles. The normalized spacial score (nSPS) is 25.4. The summed E-state index contributed by atoms with van der Waals surface area (Å²) in [7, 11) is 0. The minimum atomic E-state index is -0.808. The first-order chi connectivity index (χ1) is 7.18. The van der Waals surface area contributed by atoms with Crippen LogP contribution in [0.2, 0.25) is 5.02 Å². The Labute approximate surface area is 92.6 Å². The highest BCUT2D eigenvalue weighted by atomic mass is 35.5. The van der Waals surface area contributed by atoms with Gasteiger partial charge in [0.1, 0.15) is 0 Å². The van der Waals surface area contributed by atoms with Crippen LogP contribution in [0, 0.1) is 5.92 Å². The van der Waals surface area contributed by atoms with E-state index < -0.39 is 11.9 Å². The predicted octanol–water partition coefficient (Wildman–Crippen LogP) is 2.50. The molecule has 3 nitrogen and oxygen atoms in total. The van der Waals surface area contributed by atoms with Crippen LogP contribution in [0.5, 0.6) is 0 Å². The van der Waals surface area contributed by atoms with Crippen LogP contribution in [0.15, 0.2) is 24.3 Å². The summed E-state index contributed by atoms with van der Waals surface area (Å²) in [4.78, 5) is 11.0. The molecular weight excluding hydrogens is 216 g/mol. The van der Waals surface area contributed by atoms with Crippen molar-refractivity contribution in [2.75, 3.05) is 6.61 Å². The van der Waals surface area contributed by atoms with E-state index >= 15 is 0 Å². The molecule has 1 heterocycles. The highest BCUT2D eigenvalue weighted by Gasteiger charge is 2.35. The average Bonchev–Trinajstić information content (AvgIpc) is 2.65. The maximum absolute atomic E-state index is 11.0. The van der Waals surface area contributed by atoms with Crippen molar-refractivity contribution in [3.8, 4) is 0 Å². The van der Waals surface area contributed by atoms with Crippen molar-refractivity contribution in [1.29, 1.82) is 0 Å². The highest BCUT2D eigenvalue weighted by molar-refractivity contribution is 6.30.